The zero-order valence-electron chi connectivity index (χ0n) is 14.2. The van der Waals surface area contributed by atoms with E-state index in [0.717, 1.165) is 17.1 Å². The van der Waals surface area contributed by atoms with Crippen LogP contribution in [0.5, 0.6) is 11.5 Å². The van der Waals surface area contributed by atoms with Gasteiger partial charge in [-0.1, -0.05) is 18.2 Å². The van der Waals surface area contributed by atoms with Crippen LogP contribution in [0, 0.1) is 13.8 Å². The smallest absolute Gasteiger partial charge is 0.236 e. The Balaban J connectivity index is 1.80. The molecule has 24 heavy (non-hydrogen) atoms. The molecular formula is C19H22N2O3. The summed E-state index contributed by atoms with van der Waals surface area (Å²) in [5, 5.41) is 3.83. The van der Waals surface area contributed by atoms with E-state index in [1.807, 2.05) is 42.5 Å². The molecule has 5 nitrogen and oxygen atoms in total. The molecule has 0 aliphatic rings. The van der Waals surface area contributed by atoms with Crippen LogP contribution in [0.3, 0.4) is 0 Å². The third kappa shape index (κ3) is 5.76. The highest BCUT2D eigenvalue weighted by Gasteiger charge is 1.99. The summed E-state index contributed by atoms with van der Waals surface area (Å²) in [6.07, 6.45) is 1.57. The maximum Gasteiger partial charge on any atom is 0.236 e. The average molecular weight is 326 g/mol. The van der Waals surface area contributed by atoms with E-state index in [-0.39, 0.29) is 5.91 Å². The van der Waals surface area contributed by atoms with Crippen LogP contribution < -0.4 is 14.9 Å². The van der Waals surface area contributed by atoms with Gasteiger partial charge < -0.3 is 9.47 Å². The average Bonchev–Trinajstić information content (AvgIpc) is 2.55. The third-order valence-electron chi connectivity index (χ3n) is 3.39. The summed E-state index contributed by atoms with van der Waals surface area (Å²) >= 11 is 0. The Kier molecular flexibility index (Phi) is 6.37. The van der Waals surface area contributed by atoms with Crippen LogP contribution >= 0.6 is 0 Å². The summed E-state index contributed by atoms with van der Waals surface area (Å²) in [7, 11) is 0. The van der Waals surface area contributed by atoms with Gasteiger partial charge in [-0.3, -0.25) is 4.79 Å². The van der Waals surface area contributed by atoms with Crippen LogP contribution in [0.15, 0.2) is 47.6 Å². The summed E-state index contributed by atoms with van der Waals surface area (Å²) < 4.78 is 11.4. The Hall–Kier alpha value is -2.82. The summed E-state index contributed by atoms with van der Waals surface area (Å²) in [5.74, 6) is 1.37. The summed E-state index contributed by atoms with van der Waals surface area (Å²) in [4.78, 5) is 10.8. The number of carbonyl (C=O) groups excluding carboxylic acids is 1. The number of aryl methyl sites for hydroxylation is 2. The highest BCUT2D eigenvalue weighted by molar-refractivity contribution is 5.82. The van der Waals surface area contributed by atoms with Crippen molar-refractivity contribution in [3.8, 4) is 11.5 Å². The fourth-order valence-corrected chi connectivity index (χ4v) is 2.01. The molecule has 0 aromatic heterocycles. The van der Waals surface area contributed by atoms with Gasteiger partial charge in [0.15, 0.2) is 0 Å². The predicted octanol–water partition coefficient (Wildman–Crippen LogP) is 3.23. The number of rotatable bonds is 7. The molecule has 0 aliphatic heterocycles. The van der Waals surface area contributed by atoms with E-state index in [9.17, 15) is 4.79 Å². The molecule has 2 aromatic carbocycles. The topological polar surface area (TPSA) is 59.9 Å². The van der Waals surface area contributed by atoms with E-state index < -0.39 is 0 Å². The van der Waals surface area contributed by atoms with Crippen LogP contribution in [0.4, 0.5) is 0 Å². The fraction of sp³-hybridized carbons (Fsp3) is 0.263. The number of carbonyl (C=O) groups is 1. The highest BCUT2D eigenvalue weighted by atomic mass is 16.5. The van der Waals surface area contributed by atoms with Gasteiger partial charge in [0.25, 0.3) is 0 Å². The maximum absolute atomic E-state index is 10.8. The van der Waals surface area contributed by atoms with Gasteiger partial charge in [0.2, 0.25) is 5.91 Å². The summed E-state index contributed by atoms with van der Waals surface area (Å²) in [6.45, 7) is 6.45. The van der Waals surface area contributed by atoms with Crippen molar-refractivity contribution < 1.29 is 14.3 Å². The molecule has 1 amide bonds. The van der Waals surface area contributed by atoms with Crippen molar-refractivity contribution in [2.45, 2.75) is 20.8 Å². The van der Waals surface area contributed by atoms with E-state index in [2.05, 4.69) is 24.4 Å². The second kappa shape index (κ2) is 8.72. The zero-order valence-corrected chi connectivity index (χ0v) is 14.2. The quantitative estimate of drug-likeness (QED) is 0.483. The molecule has 0 radical (unpaired) electrons. The molecule has 0 bridgehead atoms. The van der Waals surface area contributed by atoms with Gasteiger partial charge in [0.1, 0.15) is 24.7 Å². The molecule has 0 fully saturated rings. The monoisotopic (exact) mass is 326 g/mol. The number of nitrogens with one attached hydrogen (secondary N) is 1. The molecule has 0 saturated heterocycles. The summed E-state index contributed by atoms with van der Waals surface area (Å²) in [6, 6.07) is 13.5. The second-order valence-corrected chi connectivity index (χ2v) is 5.44. The van der Waals surface area contributed by atoms with Gasteiger partial charge in [-0.2, -0.15) is 5.10 Å². The molecular weight excluding hydrogens is 304 g/mol. The SMILES string of the molecule is CC(=O)N/N=C/c1cccc(OCCOc2ccc(C)c(C)c2)c1. The van der Waals surface area contributed by atoms with Gasteiger partial charge in [-0.05, 0) is 54.8 Å². The first-order chi connectivity index (χ1) is 11.5. The second-order valence-electron chi connectivity index (χ2n) is 5.44. The zero-order chi connectivity index (χ0) is 17.4. The van der Waals surface area contributed by atoms with Crippen molar-refractivity contribution in [2.24, 2.45) is 5.10 Å². The van der Waals surface area contributed by atoms with Crippen LogP contribution in [0.2, 0.25) is 0 Å². The fourth-order valence-electron chi connectivity index (χ4n) is 2.01. The van der Waals surface area contributed by atoms with E-state index >= 15 is 0 Å². The largest absolute Gasteiger partial charge is 0.490 e. The minimum absolute atomic E-state index is 0.206. The van der Waals surface area contributed by atoms with E-state index in [0.29, 0.717) is 13.2 Å². The van der Waals surface area contributed by atoms with Gasteiger partial charge in [0, 0.05) is 6.92 Å². The minimum atomic E-state index is -0.206. The standard InChI is InChI=1S/C19H22N2O3/c1-14-7-8-19(11-15(14)2)24-10-9-23-18-6-4-5-17(12-18)13-20-21-16(3)22/h4-8,11-13H,9-10H2,1-3H3,(H,21,22)/b20-13+. The summed E-state index contributed by atoms with van der Waals surface area (Å²) in [5.41, 5.74) is 5.66. The van der Waals surface area contributed by atoms with Gasteiger partial charge >= 0.3 is 0 Å². The van der Waals surface area contributed by atoms with Crippen molar-refractivity contribution in [3.63, 3.8) is 0 Å². The predicted molar refractivity (Wildman–Crippen MR) is 94.8 cm³/mol. The molecule has 0 heterocycles. The van der Waals surface area contributed by atoms with Gasteiger partial charge in [0.05, 0.1) is 6.21 Å². The lowest BCUT2D eigenvalue weighted by molar-refractivity contribution is -0.118. The first kappa shape index (κ1) is 17.5. The van der Waals surface area contributed by atoms with Crippen LogP contribution in [0.1, 0.15) is 23.6 Å². The normalized spacial score (nSPS) is 10.6. The van der Waals surface area contributed by atoms with Gasteiger partial charge in [-0.15, -0.1) is 0 Å². The molecule has 0 unspecified atom stereocenters. The van der Waals surface area contributed by atoms with Crippen LogP contribution in [0.25, 0.3) is 0 Å². The van der Waals surface area contributed by atoms with Crippen LogP contribution in [-0.4, -0.2) is 25.3 Å². The maximum atomic E-state index is 10.8. The van der Waals surface area contributed by atoms with E-state index in [4.69, 9.17) is 9.47 Å². The number of hydrogen-bond acceptors (Lipinski definition) is 4. The van der Waals surface area contributed by atoms with Crippen molar-refractivity contribution in [2.75, 3.05) is 13.2 Å². The van der Waals surface area contributed by atoms with Crippen molar-refractivity contribution >= 4 is 12.1 Å². The molecule has 0 saturated carbocycles. The minimum Gasteiger partial charge on any atom is -0.490 e. The molecule has 2 rings (SSSR count). The Morgan fingerprint density at radius 3 is 2.42 bits per heavy atom. The number of nitrogens with zero attached hydrogens (tertiary/aromatic N) is 1. The lowest BCUT2D eigenvalue weighted by Crippen LogP contribution is -2.12. The van der Waals surface area contributed by atoms with Crippen molar-refractivity contribution in [1.82, 2.24) is 5.43 Å². The Morgan fingerprint density at radius 1 is 1.04 bits per heavy atom. The molecule has 126 valence electrons. The number of ether oxygens (including phenoxy) is 2. The lowest BCUT2D eigenvalue weighted by atomic mass is 10.1. The molecule has 0 spiro atoms. The van der Waals surface area contributed by atoms with Crippen molar-refractivity contribution in [1.29, 1.82) is 0 Å². The molecule has 5 heteroatoms. The number of hydrogen-bond donors (Lipinski definition) is 1. The first-order valence-electron chi connectivity index (χ1n) is 7.77. The lowest BCUT2D eigenvalue weighted by Gasteiger charge is -2.10. The molecule has 2 aromatic rings. The first-order valence-corrected chi connectivity index (χ1v) is 7.77. The van der Waals surface area contributed by atoms with E-state index in [1.165, 1.54) is 18.1 Å². The Bertz CT molecular complexity index is 726. The number of amides is 1. The highest BCUT2D eigenvalue weighted by Crippen LogP contribution is 2.16. The number of hydrazone groups is 1. The molecule has 0 atom stereocenters. The Labute approximate surface area is 142 Å². The Morgan fingerprint density at radius 2 is 1.75 bits per heavy atom. The molecule has 0 aliphatic carbocycles. The number of benzene rings is 2. The third-order valence-corrected chi connectivity index (χ3v) is 3.39. The van der Waals surface area contributed by atoms with Crippen LogP contribution in [-0.2, 0) is 4.79 Å². The van der Waals surface area contributed by atoms with E-state index in [1.54, 1.807) is 6.21 Å². The van der Waals surface area contributed by atoms with Crippen molar-refractivity contribution in [3.05, 3.63) is 59.2 Å². The molecule has 1 N–H and O–H groups in total. The van der Waals surface area contributed by atoms with Gasteiger partial charge in [-0.25, -0.2) is 5.43 Å².